The van der Waals surface area contributed by atoms with Crippen LogP contribution in [0, 0.1) is 6.92 Å². The summed E-state index contributed by atoms with van der Waals surface area (Å²) < 4.78 is 26.2. The van der Waals surface area contributed by atoms with Crippen LogP contribution in [0.5, 0.6) is 0 Å². The number of benzene rings is 1. The maximum absolute atomic E-state index is 11.9. The number of aryl methyl sites for hydroxylation is 1. The first-order valence-electron chi connectivity index (χ1n) is 4.84. The van der Waals surface area contributed by atoms with Crippen LogP contribution < -0.4 is 4.72 Å². The van der Waals surface area contributed by atoms with Crippen molar-refractivity contribution >= 4 is 21.6 Å². The van der Waals surface area contributed by atoms with Gasteiger partial charge in [-0.05, 0) is 37.1 Å². The molecule has 0 amide bonds. The lowest BCUT2D eigenvalue weighted by molar-refractivity contribution is 0.581. The molecule has 1 N–H and O–H groups in total. The Kier molecular flexibility index (Phi) is 4.53. The molecule has 0 fully saturated rings. The zero-order valence-corrected chi connectivity index (χ0v) is 10.6. The van der Waals surface area contributed by atoms with Crippen molar-refractivity contribution in [3.8, 4) is 0 Å². The molecule has 0 bridgehead atoms. The van der Waals surface area contributed by atoms with Gasteiger partial charge in [0.1, 0.15) is 0 Å². The van der Waals surface area contributed by atoms with Crippen LogP contribution in [-0.4, -0.2) is 15.0 Å². The molecule has 0 aromatic heterocycles. The summed E-state index contributed by atoms with van der Waals surface area (Å²) in [5.74, 6) is 0. The molecule has 0 spiro atoms. The van der Waals surface area contributed by atoms with Gasteiger partial charge in [0.05, 0.1) is 4.90 Å². The summed E-state index contributed by atoms with van der Waals surface area (Å²) in [6.07, 6.45) is 2.27. The van der Waals surface area contributed by atoms with Gasteiger partial charge >= 0.3 is 0 Å². The quantitative estimate of drug-likeness (QED) is 0.652. The monoisotopic (exact) mass is 259 g/mol. The molecule has 0 radical (unpaired) electrons. The summed E-state index contributed by atoms with van der Waals surface area (Å²) in [5, 5.41) is 0.530. The summed E-state index contributed by atoms with van der Waals surface area (Å²) in [6.45, 7) is 5.60. The van der Waals surface area contributed by atoms with E-state index in [4.69, 9.17) is 11.6 Å². The van der Waals surface area contributed by atoms with Crippen molar-refractivity contribution in [3.05, 3.63) is 41.4 Å². The van der Waals surface area contributed by atoms with Gasteiger partial charge < -0.3 is 0 Å². The molecule has 1 aromatic carbocycles. The molecule has 88 valence electrons. The van der Waals surface area contributed by atoms with Crippen molar-refractivity contribution in [1.29, 1.82) is 0 Å². The standard InChI is InChI=1S/C11H14ClNO2S/c1-3-4-7-13-16(14,15)11-6-5-10(12)8-9(11)2/h3,5-6,8,13H,1,4,7H2,2H3. The molecule has 0 saturated heterocycles. The van der Waals surface area contributed by atoms with Crippen molar-refractivity contribution in [2.24, 2.45) is 0 Å². The first-order chi connectivity index (χ1) is 7.47. The molecule has 0 atom stereocenters. The minimum atomic E-state index is -3.44. The third-order valence-corrected chi connectivity index (χ3v) is 3.92. The highest BCUT2D eigenvalue weighted by molar-refractivity contribution is 7.89. The fraction of sp³-hybridized carbons (Fsp3) is 0.273. The number of hydrogen-bond donors (Lipinski definition) is 1. The van der Waals surface area contributed by atoms with E-state index in [2.05, 4.69) is 11.3 Å². The predicted octanol–water partition coefficient (Wildman–Crippen LogP) is 2.50. The van der Waals surface area contributed by atoms with Gasteiger partial charge in [-0.15, -0.1) is 6.58 Å². The highest BCUT2D eigenvalue weighted by Crippen LogP contribution is 2.19. The first kappa shape index (κ1) is 13.2. The van der Waals surface area contributed by atoms with Crippen LogP contribution >= 0.6 is 11.6 Å². The number of sulfonamides is 1. The minimum Gasteiger partial charge on any atom is -0.211 e. The smallest absolute Gasteiger partial charge is 0.211 e. The van der Waals surface area contributed by atoms with Crippen LogP contribution in [0.4, 0.5) is 0 Å². The largest absolute Gasteiger partial charge is 0.240 e. The second-order valence-electron chi connectivity index (χ2n) is 3.38. The molecule has 0 aliphatic rings. The summed E-state index contributed by atoms with van der Waals surface area (Å²) in [7, 11) is -3.44. The van der Waals surface area contributed by atoms with Gasteiger partial charge in [0.2, 0.25) is 10.0 Å². The van der Waals surface area contributed by atoms with E-state index >= 15 is 0 Å². The predicted molar refractivity (Wildman–Crippen MR) is 66.2 cm³/mol. The lowest BCUT2D eigenvalue weighted by Crippen LogP contribution is -2.25. The molecule has 1 aromatic rings. The van der Waals surface area contributed by atoms with Gasteiger partial charge in [-0.1, -0.05) is 17.7 Å². The summed E-state index contributed by atoms with van der Waals surface area (Å²) in [6, 6.07) is 4.70. The van der Waals surface area contributed by atoms with Crippen LogP contribution in [0.15, 0.2) is 35.7 Å². The topological polar surface area (TPSA) is 46.2 Å². The molecule has 0 saturated carbocycles. The maximum Gasteiger partial charge on any atom is 0.240 e. The van der Waals surface area contributed by atoms with Crippen molar-refractivity contribution in [2.45, 2.75) is 18.2 Å². The normalized spacial score (nSPS) is 11.4. The SMILES string of the molecule is C=CCCNS(=O)(=O)c1ccc(Cl)cc1C. The van der Waals surface area contributed by atoms with Crippen molar-refractivity contribution < 1.29 is 8.42 Å². The van der Waals surface area contributed by atoms with Crippen LogP contribution in [0.25, 0.3) is 0 Å². The Morgan fingerprint density at radius 2 is 2.19 bits per heavy atom. The zero-order chi connectivity index (χ0) is 12.2. The van der Waals surface area contributed by atoms with Gasteiger partial charge in [-0.2, -0.15) is 0 Å². The van der Waals surface area contributed by atoms with Crippen molar-refractivity contribution in [3.63, 3.8) is 0 Å². The molecule has 0 heterocycles. The zero-order valence-electron chi connectivity index (χ0n) is 9.03. The van der Waals surface area contributed by atoms with Crippen LogP contribution in [-0.2, 0) is 10.0 Å². The Hall–Kier alpha value is -0.840. The lowest BCUT2D eigenvalue weighted by atomic mass is 10.2. The highest BCUT2D eigenvalue weighted by atomic mass is 35.5. The molecule has 0 aliphatic heterocycles. The minimum absolute atomic E-state index is 0.265. The molecule has 1 rings (SSSR count). The first-order valence-corrected chi connectivity index (χ1v) is 6.70. The van der Waals surface area contributed by atoms with Gasteiger partial charge in [-0.25, -0.2) is 13.1 Å². The summed E-state index contributed by atoms with van der Waals surface area (Å²) in [5.41, 5.74) is 0.638. The second-order valence-corrected chi connectivity index (χ2v) is 5.56. The molecule has 3 nitrogen and oxygen atoms in total. The van der Waals surface area contributed by atoms with Gasteiger partial charge in [0, 0.05) is 11.6 Å². The van der Waals surface area contributed by atoms with Crippen molar-refractivity contribution in [1.82, 2.24) is 4.72 Å². The Labute approximate surface area is 101 Å². The van der Waals surface area contributed by atoms with E-state index in [1.165, 1.54) is 6.07 Å². The van der Waals surface area contributed by atoms with E-state index in [1.54, 1.807) is 25.1 Å². The summed E-state index contributed by atoms with van der Waals surface area (Å²) >= 11 is 5.77. The highest BCUT2D eigenvalue weighted by Gasteiger charge is 2.15. The third-order valence-electron chi connectivity index (χ3n) is 2.07. The van der Waals surface area contributed by atoms with Crippen molar-refractivity contribution in [2.75, 3.05) is 6.54 Å². The number of rotatable bonds is 5. The number of hydrogen-bond acceptors (Lipinski definition) is 2. The fourth-order valence-corrected chi connectivity index (χ4v) is 2.79. The molecule has 0 aliphatic carbocycles. The molecule has 5 heteroatoms. The molecule has 0 unspecified atom stereocenters. The Morgan fingerprint density at radius 1 is 1.50 bits per heavy atom. The van der Waals surface area contributed by atoms with Gasteiger partial charge in [-0.3, -0.25) is 0 Å². The summed E-state index contributed by atoms with van der Waals surface area (Å²) in [4.78, 5) is 0.265. The number of nitrogens with one attached hydrogen (secondary N) is 1. The Balaban J connectivity index is 2.94. The van der Waals surface area contributed by atoms with E-state index in [-0.39, 0.29) is 4.90 Å². The van der Waals surface area contributed by atoms with Crippen LogP contribution in [0.1, 0.15) is 12.0 Å². The van der Waals surface area contributed by atoms with E-state index in [0.29, 0.717) is 23.6 Å². The van der Waals surface area contributed by atoms with E-state index < -0.39 is 10.0 Å². The average molecular weight is 260 g/mol. The van der Waals surface area contributed by atoms with E-state index in [9.17, 15) is 8.42 Å². The third kappa shape index (κ3) is 3.33. The van der Waals surface area contributed by atoms with E-state index in [0.717, 1.165) is 0 Å². The Bertz CT molecular complexity index is 483. The van der Waals surface area contributed by atoms with Gasteiger partial charge in [0.25, 0.3) is 0 Å². The number of halogens is 1. The average Bonchev–Trinajstić information content (AvgIpc) is 2.17. The van der Waals surface area contributed by atoms with Gasteiger partial charge in [0.15, 0.2) is 0 Å². The molecular formula is C11H14ClNO2S. The maximum atomic E-state index is 11.9. The lowest BCUT2D eigenvalue weighted by Gasteiger charge is -2.08. The molecular weight excluding hydrogens is 246 g/mol. The fourth-order valence-electron chi connectivity index (χ4n) is 1.29. The van der Waals surface area contributed by atoms with Crippen LogP contribution in [0.3, 0.4) is 0 Å². The molecule has 16 heavy (non-hydrogen) atoms. The van der Waals surface area contributed by atoms with Crippen LogP contribution in [0.2, 0.25) is 5.02 Å². The second kappa shape index (κ2) is 5.48. The van der Waals surface area contributed by atoms with E-state index in [1.807, 2.05) is 0 Å². The Morgan fingerprint density at radius 3 is 2.75 bits per heavy atom.